The average molecular weight is 190 g/mol. The Hall–Kier alpha value is -1.42. The van der Waals surface area contributed by atoms with Crippen LogP contribution in [0.15, 0.2) is 18.2 Å². The number of fused-ring (bicyclic) bond motifs is 1. The van der Waals surface area contributed by atoms with E-state index in [4.69, 9.17) is 0 Å². The van der Waals surface area contributed by atoms with Gasteiger partial charge in [0.25, 0.3) is 0 Å². The van der Waals surface area contributed by atoms with Gasteiger partial charge in [0.1, 0.15) is 5.52 Å². The molecule has 0 unspecified atom stereocenters. The van der Waals surface area contributed by atoms with Crippen LogP contribution in [-0.2, 0) is 6.54 Å². The van der Waals surface area contributed by atoms with Gasteiger partial charge in [-0.1, -0.05) is 24.3 Å². The number of hydrogen-bond acceptors (Lipinski definition) is 3. The zero-order chi connectivity index (χ0) is 9.80. The molecular formula is C10H14N4. The zero-order valence-corrected chi connectivity index (χ0v) is 8.25. The van der Waals surface area contributed by atoms with Crippen LogP contribution < -0.4 is 5.32 Å². The molecule has 74 valence electrons. The molecule has 0 aliphatic carbocycles. The summed E-state index contributed by atoms with van der Waals surface area (Å²) >= 11 is 0. The monoisotopic (exact) mass is 190 g/mol. The van der Waals surface area contributed by atoms with Crippen LogP contribution in [0.4, 0.5) is 0 Å². The quantitative estimate of drug-likeness (QED) is 0.717. The molecule has 0 saturated carbocycles. The second-order valence-corrected chi connectivity index (χ2v) is 3.30. The maximum absolute atomic E-state index is 4.05. The molecule has 1 heterocycles. The van der Waals surface area contributed by atoms with Crippen LogP contribution in [0.1, 0.15) is 18.9 Å². The molecule has 2 rings (SSSR count). The van der Waals surface area contributed by atoms with Crippen LogP contribution in [0.2, 0.25) is 0 Å². The molecule has 0 amide bonds. The normalized spacial score (nSPS) is 10.9. The number of H-pyrrole nitrogens is 1. The first-order chi connectivity index (χ1) is 6.92. The number of nitrogens with one attached hydrogen (secondary N) is 2. The highest BCUT2D eigenvalue weighted by Gasteiger charge is 2.02. The SMILES string of the molecule is CCCNCc1cccc2[nH]nnc12. The van der Waals surface area contributed by atoms with Crippen LogP contribution in [0.25, 0.3) is 11.0 Å². The number of aromatic amines is 1. The van der Waals surface area contributed by atoms with Gasteiger partial charge in [0.05, 0.1) is 5.52 Å². The van der Waals surface area contributed by atoms with Crippen molar-refractivity contribution in [1.29, 1.82) is 0 Å². The van der Waals surface area contributed by atoms with Gasteiger partial charge in [0.15, 0.2) is 0 Å². The molecule has 4 nitrogen and oxygen atoms in total. The minimum absolute atomic E-state index is 0.859. The molecule has 0 aliphatic rings. The molecule has 14 heavy (non-hydrogen) atoms. The van der Waals surface area contributed by atoms with Crippen LogP contribution in [-0.4, -0.2) is 22.0 Å². The van der Waals surface area contributed by atoms with E-state index in [0.717, 1.165) is 30.5 Å². The molecular weight excluding hydrogens is 176 g/mol. The summed E-state index contributed by atoms with van der Waals surface area (Å²) in [7, 11) is 0. The summed E-state index contributed by atoms with van der Waals surface area (Å²) in [5.74, 6) is 0. The van der Waals surface area contributed by atoms with Crippen molar-refractivity contribution in [3.63, 3.8) is 0 Å². The highest BCUT2D eigenvalue weighted by atomic mass is 15.3. The fourth-order valence-electron chi connectivity index (χ4n) is 1.47. The van der Waals surface area contributed by atoms with Crippen molar-refractivity contribution in [3.8, 4) is 0 Å². The molecule has 4 heteroatoms. The maximum Gasteiger partial charge on any atom is 0.117 e. The van der Waals surface area contributed by atoms with Crippen molar-refractivity contribution < 1.29 is 0 Å². The minimum atomic E-state index is 0.859. The van der Waals surface area contributed by atoms with Gasteiger partial charge in [-0.2, -0.15) is 0 Å². The first-order valence-corrected chi connectivity index (χ1v) is 4.91. The molecule has 0 fully saturated rings. The van der Waals surface area contributed by atoms with E-state index in [0.29, 0.717) is 0 Å². The Morgan fingerprint density at radius 2 is 2.36 bits per heavy atom. The van der Waals surface area contributed by atoms with Gasteiger partial charge < -0.3 is 5.32 Å². The van der Waals surface area contributed by atoms with Gasteiger partial charge in [-0.05, 0) is 24.6 Å². The predicted molar refractivity (Wildman–Crippen MR) is 55.9 cm³/mol. The summed E-state index contributed by atoms with van der Waals surface area (Å²) in [4.78, 5) is 0. The zero-order valence-electron chi connectivity index (χ0n) is 8.25. The molecule has 0 aliphatic heterocycles. The van der Waals surface area contributed by atoms with E-state index in [1.807, 2.05) is 12.1 Å². The molecule has 2 N–H and O–H groups in total. The van der Waals surface area contributed by atoms with E-state index >= 15 is 0 Å². The van der Waals surface area contributed by atoms with Crippen LogP contribution in [0.5, 0.6) is 0 Å². The number of nitrogens with zero attached hydrogens (tertiary/aromatic N) is 2. The highest BCUT2D eigenvalue weighted by Crippen LogP contribution is 2.12. The van der Waals surface area contributed by atoms with E-state index < -0.39 is 0 Å². The highest BCUT2D eigenvalue weighted by molar-refractivity contribution is 5.77. The van der Waals surface area contributed by atoms with Gasteiger partial charge in [0, 0.05) is 6.54 Å². The first-order valence-electron chi connectivity index (χ1n) is 4.91. The summed E-state index contributed by atoms with van der Waals surface area (Å²) in [5.41, 5.74) is 3.17. The largest absolute Gasteiger partial charge is 0.313 e. The second-order valence-electron chi connectivity index (χ2n) is 3.30. The summed E-state index contributed by atoms with van der Waals surface area (Å²) in [6, 6.07) is 6.08. The van der Waals surface area contributed by atoms with Gasteiger partial charge in [0.2, 0.25) is 0 Å². The van der Waals surface area contributed by atoms with Gasteiger partial charge >= 0.3 is 0 Å². The summed E-state index contributed by atoms with van der Waals surface area (Å²) in [5, 5.41) is 14.1. The Bertz CT molecular complexity index is 407. The van der Waals surface area contributed by atoms with Gasteiger partial charge in [-0.25, -0.2) is 0 Å². The third-order valence-corrected chi connectivity index (χ3v) is 2.18. The Kier molecular flexibility index (Phi) is 2.74. The molecule has 2 aromatic rings. The first kappa shape index (κ1) is 9.15. The summed E-state index contributed by atoms with van der Waals surface area (Å²) in [6.45, 7) is 4.05. The Morgan fingerprint density at radius 3 is 3.21 bits per heavy atom. The Morgan fingerprint density at radius 1 is 1.43 bits per heavy atom. The third kappa shape index (κ3) is 1.75. The lowest BCUT2D eigenvalue weighted by Crippen LogP contribution is -2.13. The van der Waals surface area contributed by atoms with Crippen molar-refractivity contribution in [2.45, 2.75) is 19.9 Å². The van der Waals surface area contributed by atoms with Crippen molar-refractivity contribution in [1.82, 2.24) is 20.7 Å². The molecule has 0 atom stereocenters. The van der Waals surface area contributed by atoms with Crippen LogP contribution in [0.3, 0.4) is 0 Å². The van der Waals surface area contributed by atoms with Gasteiger partial charge in [-0.3, -0.25) is 5.10 Å². The smallest absolute Gasteiger partial charge is 0.117 e. The molecule has 0 radical (unpaired) electrons. The lowest BCUT2D eigenvalue weighted by Gasteiger charge is -2.02. The fourth-order valence-corrected chi connectivity index (χ4v) is 1.47. The van der Waals surface area contributed by atoms with E-state index in [9.17, 15) is 0 Å². The third-order valence-electron chi connectivity index (χ3n) is 2.18. The van der Waals surface area contributed by atoms with Gasteiger partial charge in [-0.15, -0.1) is 5.10 Å². The van der Waals surface area contributed by atoms with Crippen molar-refractivity contribution in [2.24, 2.45) is 0 Å². The predicted octanol–water partition coefficient (Wildman–Crippen LogP) is 1.46. The number of rotatable bonds is 4. The maximum atomic E-state index is 4.05. The summed E-state index contributed by atoms with van der Waals surface area (Å²) in [6.07, 6.45) is 1.15. The Balaban J connectivity index is 2.19. The standard InChI is InChI=1S/C10H14N4/c1-2-6-11-7-8-4-3-5-9-10(8)13-14-12-9/h3-5,11H,2,6-7H2,1H3,(H,12,13,14). The van der Waals surface area contributed by atoms with Crippen molar-refractivity contribution in [2.75, 3.05) is 6.54 Å². The van der Waals surface area contributed by atoms with E-state index in [2.05, 4.69) is 33.7 Å². The topological polar surface area (TPSA) is 53.6 Å². The number of benzene rings is 1. The van der Waals surface area contributed by atoms with E-state index in [-0.39, 0.29) is 0 Å². The van der Waals surface area contributed by atoms with Crippen molar-refractivity contribution >= 4 is 11.0 Å². The lowest BCUT2D eigenvalue weighted by molar-refractivity contribution is 0.677. The molecule has 0 spiro atoms. The minimum Gasteiger partial charge on any atom is -0.313 e. The number of aromatic nitrogens is 3. The second kappa shape index (κ2) is 4.19. The van der Waals surface area contributed by atoms with E-state index in [1.165, 1.54) is 5.56 Å². The summed E-state index contributed by atoms with van der Waals surface area (Å²) < 4.78 is 0. The Labute approximate surface area is 82.7 Å². The van der Waals surface area contributed by atoms with E-state index in [1.54, 1.807) is 0 Å². The molecule has 1 aromatic heterocycles. The average Bonchev–Trinajstić information content (AvgIpc) is 2.67. The van der Waals surface area contributed by atoms with Crippen molar-refractivity contribution in [3.05, 3.63) is 23.8 Å². The van der Waals surface area contributed by atoms with Crippen LogP contribution in [0, 0.1) is 0 Å². The fraction of sp³-hybridized carbons (Fsp3) is 0.400. The lowest BCUT2D eigenvalue weighted by atomic mass is 10.2. The molecule has 1 aromatic carbocycles. The number of hydrogen-bond donors (Lipinski definition) is 2. The molecule has 0 saturated heterocycles. The van der Waals surface area contributed by atoms with Crippen LogP contribution >= 0.6 is 0 Å². The molecule has 0 bridgehead atoms.